The van der Waals surface area contributed by atoms with Crippen molar-refractivity contribution in [1.82, 2.24) is 5.32 Å². The molecule has 4 heteroatoms. The highest BCUT2D eigenvalue weighted by Crippen LogP contribution is 2.20. The zero-order valence-electron chi connectivity index (χ0n) is 13.5. The number of hydrogen-bond acceptors (Lipinski definition) is 3. The van der Waals surface area contributed by atoms with Crippen LogP contribution >= 0.6 is 0 Å². The first-order valence-corrected chi connectivity index (χ1v) is 7.61. The van der Waals surface area contributed by atoms with Crippen LogP contribution in [0, 0.1) is 5.92 Å². The van der Waals surface area contributed by atoms with E-state index in [1.54, 1.807) is 11.9 Å². The lowest BCUT2D eigenvalue weighted by Crippen LogP contribution is -2.34. The topological polar surface area (TPSA) is 41.6 Å². The summed E-state index contributed by atoms with van der Waals surface area (Å²) in [5.41, 5.74) is 1.71. The van der Waals surface area contributed by atoms with Crippen molar-refractivity contribution in [3.8, 4) is 0 Å². The lowest BCUT2D eigenvalue weighted by Gasteiger charge is -2.24. The molecule has 21 heavy (non-hydrogen) atoms. The molecule has 1 atom stereocenters. The predicted octanol–water partition coefficient (Wildman–Crippen LogP) is 3.21. The molecule has 116 valence electrons. The molecule has 0 spiro atoms. The molecule has 0 aliphatic carbocycles. The number of amides is 1. The summed E-state index contributed by atoms with van der Waals surface area (Å²) in [6, 6.07) is 8.19. The number of ether oxygens (including phenoxy) is 1. The third-order valence-corrected chi connectivity index (χ3v) is 3.68. The van der Waals surface area contributed by atoms with E-state index in [-0.39, 0.29) is 6.09 Å². The number of nitrogens with zero attached hydrogens (tertiary/aromatic N) is 1. The maximum absolute atomic E-state index is 12.0. The summed E-state index contributed by atoms with van der Waals surface area (Å²) in [6.45, 7) is 7.86. The molecule has 4 nitrogen and oxygen atoms in total. The SMILES string of the molecule is CN(C(=O)OC(C)(C)C)c1ccc(CC2CCNC2)cc1. The fourth-order valence-corrected chi connectivity index (χ4v) is 2.51. The molecule has 1 unspecified atom stereocenters. The van der Waals surface area contributed by atoms with Crippen molar-refractivity contribution in [1.29, 1.82) is 0 Å². The number of nitrogens with one attached hydrogen (secondary N) is 1. The zero-order chi connectivity index (χ0) is 15.5. The molecular formula is C17H26N2O2. The van der Waals surface area contributed by atoms with Gasteiger partial charge in [0.05, 0.1) is 0 Å². The van der Waals surface area contributed by atoms with E-state index in [0.29, 0.717) is 0 Å². The van der Waals surface area contributed by atoms with Crippen LogP contribution in [0.15, 0.2) is 24.3 Å². The molecule has 1 amide bonds. The third kappa shape index (κ3) is 4.74. The molecule has 1 aliphatic heterocycles. The van der Waals surface area contributed by atoms with Gasteiger partial charge in [-0.15, -0.1) is 0 Å². The molecule has 1 fully saturated rings. The van der Waals surface area contributed by atoms with E-state index in [9.17, 15) is 4.79 Å². The Hall–Kier alpha value is -1.55. The van der Waals surface area contributed by atoms with Gasteiger partial charge in [0.25, 0.3) is 0 Å². The highest BCUT2D eigenvalue weighted by Gasteiger charge is 2.20. The molecular weight excluding hydrogens is 264 g/mol. The summed E-state index contributed by atoms with van der Waals surface area (Å²) in [5.74, 6) is 0.736. The summed E-state index contributed by atoms with van der Waals surface area (Å²) >= 11 is 0. The number of benzene rings is 1. The van der Waals surface area contributed by atoms with Gasteiger partial charge in [0.2, 0.25) is 0 Å². The van der Waals surface area contributed by atoms with Crippen LogP contribution in [-0.2, 0) is 11.2 Å². The van der Waals surface area contributed by atoms with Crippen LogP contribution < -0.4 is 10.2 Å². The van der Waals surface area contributed by atoms with Crippen LogP contribution in [0.3, 0.4) is 0 Å². The van der Waals surface area contributed by atoms with Crippen molar-refractivity contribution in [2.45, 2.75) is 39.2 Å². The lowest BCUT2D eigenvalue weighted by atomic mass is 9.98. The minimum Gasteiger partial charge on any atom is -0.443 e. The molecule has 0 saturated carbocycles. The standard InChI is InChI=1S/C17H26N2O2/c1-17(2,3)21-16(20)19(4)15-7-5-13(6-8-15)11-14-9-10-18-12-14/h5-8,14,18H,9-12H2,1-4H3. The second kappa shape index (κ2) is 6.48. The molecule has 1 aromatic rings. The molecule has 0 aromatic heterocycles. The number of rotatable bonds is 3. The molecule has 1 N–H and O–H groups in total. The lowest BCUT2D eigenvalue weighted by molar-refractivity contribution is 0.0589. The Bertz CT molecular complexity index is 471. The Morgan fingerprint density at radius 1 is 1.33 bits per heavy atom. The number of hydrogen-bond donors (Lipinski definition) is 1. The van der Waals surface area contributed by atoms with Crippen LogP contribution in [0.4, 0.5) is 10.5 Å². The number of anilines is 1. The average molecular weight is 290 g/mol. The summed E-state index contributed by atoms with van der Waals surface area (Å²) in [4.78, 5) is 13.6. The predicted molar refractivity (Wildman–Crippen MR) is 85.8 cm³/mol. The van der Waals surface area contributed by atoms with Crippen molar-refractivity contribution in [2.24, 2.45) is 5.92 Å². The van der Waals surface area contributed by atoms with Gasteiger partial charge < -0.3 is 10.1 Å². The maximum atomic E-state index is 12.0. The van der Waals surface area contributed by atoms with Crippen molar-refractivity contribution in [2.75, 3.05) is 25.0 Å². The van der Waals surface area contributed by atoms with E-state index in [1.807, 2.05) is 32.9 Å². The fourth-order valence-electron chi connectivity index (χ4n) is 2.51. The van der Waals surface area contributed by atoms with Gasteiger partial charge >= 0.3 is 6.09 Å². The Balaban J connectivity index is 1.95. The molecule has 1 saturated heterocycles. The van der Waals surface area contributed by atoms with Crippen molar-refractivity contribution < 1.29 is 9.53 Å². The van der Waals surface area contributed by atoms with Crippen LogP contribution in [0.25, 0.3) is 0 Å². The first-order chi connectivity index (χ1) is 9.85. The summed E-state index contributed by atoms with van der Waals surface area (Å²) in [6.07, 6.45) is 2.03. The van der Waals surface area contributed by atoms with Gasteiger partial charge in [-0.2, -0.15) is 0 Å². The van der Waals surface area contributed by atoms with Gasteiger partial charge in [0.15, 0.2) is 0 Å². The molecule has 0 bridgehead atoms. The Morgan fingerprint density at radius 2 is 2.00 bits per heavy atom. The zero-order valence-corrected chi connectivity index (χ0v) is 13.5. The highest BCUT2D eigenvalue weighted by molar-refractivity contribution is 5.87. The van der Waals surface area contributed by atoms with E-state index in [1.165, 1.54) is 12.0 Å². The Morgan fingerprint density at radius 3 is 2.52 bits per heavy atom. The van der Waals surface area contributed by atoms with Gasteiger partial charge in [0, 0.05) is 12.7 Å². The second-order valence-corrected chi connectivity index (χ2v) is 6.77. The second-order valence-electron chi connectivity index (χ2n) is 6.77. The van der Waals surface area contributed by atoms with Crippen LogP contribution in [0.5, 0.6) is 0 Å². The van der Waals surface area contributed by atoms with E-state index >= 15 is 0 Å². The van der Waals surface area contributed by atoms with Crippen LogP contribution in [0.1, 0.15) is 32.8 Å². The van der Waals surface area contributed by atoms with E-state index in [2.05, 4.69) is 17.4 Å². The molecule has 1 heterocycles. The quantitative estimate of drug-likeness (QED) is 0.929. The van der Waals surface area contributed by atoms with Gasteiger partial charge in [-0.05, 0) is 70.3 Å². The largest absolute Gasteiger partial charge is 0.443 e. The normalized spacial score (nSPS) is 18.6. The van der Waals surface area contributed by atoms with Crippen molar-refractivity contribution in [3.05, 3.63) is 29.8 Å². The van der Waals surface area contributed by atoms with E-state index in [0.717, 1.165) is 31.1 Å². The van der Waals surface area contributed by atoms with Gasteiger partial charge in [-0.25, -0.2) is 4.79 Å². The smallest absolute Gasteiger partial charge is 0.414 e. The minimum absolute atomic E-state index is 0.324. The van der Waals surface area contributed by atoms with Gasteiger partial charge in [-0.3, -0.25) is 4.90 Å². The number of carbonyl (C=O) groups excluding carboxylic acids is 1. The Labute approximate surface area is 127 Å². The molecule has 1 aliphatic rings. The maximum Gasteiger partial charge on any atom is 0.414 e. The third-order valence-electron chi connectivity index (χ3n) is 3.68. The first kappa shape index (κ1) is 15.8. The summed E-state index contributed by atoms with van der Waals surface area (Å²) in [7, 11) is 1.74. The summed E-state index contributed by atoms with van der Waals surface area (Å²) in [5, 5.41) is 3.39. The van der Waals surface area contributed by atoms with Crippen LogP contribution in [-0.4, -0.2) is 31.8 Å². The van der Waals surface area contributed by atoms with Gasteiger partial charge in [0.1, 0.15) is 5.60 Å². The first-order valence-electron chi connectivity index (χ1n) is 7.61. The van der Waals surface area contributed by atoms with Crippen molar-refractivity contribution >= 4 is 11.8 Å². The van der Waals surface area contributed by atoms with Crippen molar-refractivity contribution in [3.63, 3.8) is 0 Å². The molecule has 2 rings (SSSR count). The minimum atomic E-state index is -0.471. The van der Waals surface area contributed by atoms with E-state index < -0.39 is 5.60 Å². The molecule has 0 radical (unpaired) electrons. The molecule has 1 aromatic carbocycles. The average Bonchev–Trinajstić information content (AvgIpc) is 2.90. The Kier molecular flexibility index (Phi) is 4.88. The summed E-state index contributed by atoms with van der Waals surface area (Å²) < 4.78 is 5.37. The van der Waals surface area contributed by atoms with Crippen LogP contribution in [0.2, 0.25) is 0 Å². The monoisotopic (exact) mass is 290 g/mol. The van der Waals surface area contributed by atoms with E-state index in [4.69, 9.17) is 4.74 Å². The highest BCUT2D eigenvalue weighted by atomic mass is 16.6. The van der Waals surface area contributed by atoms with Gasteiger partial charge in [-0.1, -0.05) is 12.1 Å². The fraction of sp³-hybridized carbons (Fsp3) is 0.588. The number of carbonyl (C=O) groups is 1.